The fourth-order valence-corrected chi connectivity index (χ4v) is 2.97. The summed E-state index contributed by atoms with van der Waals surface area (Å²) in [6, 6.07) is 9.83. The summed E-state index contributed by atoms with van der Waals surface area (Å²) in [4.78, 5) is 4.62. The van der Waals surface area contributed by atoms with Crippen molar-refractivity contribution in [1.82, 2.24) is 15.8 Å². The lowest BCUT2D eigenvalue weighted by atomic mass is 10.1. The summed E-state index contributed by atoms with van der Waals surface area (Å²) >= 11 is 0. The molecule has 0 saturated heterocycles. The van der Waals surface area contributed by atoms with Gasteiger partial charge in [0.15, 0.2) is 23.1 Å². The number of guanidine groups is 1. The maximum absolute atomic E-state index is 6.09. The van der Waals surface area contributed by atoms with Crippen molar-refractivity contribution in [2.45, 2.75) is 53.1 Å². The Morgan fingerprint density at radius 1 is 1.21 bits per heavy atom. The van der Waals surface area contributed by atoms with E-state index in [0.29, 0.717) is 25.0 Å². The first-order valence-electron chi connectivity index (χ1n) is 10.2. The van der Waals surface area contributed by atoms with Crippen molar-refractivity contribution in [3.8, 4) is 5.75 Å². The molecule has 7 heteroatoms. The van der Waals surface area contributed by atoms with E-state index in [9.17, 15) is 0 Å². The molecule has 0 bridgehead atoms. The molecule has 1 aromatic carbocycles. The number of para-hydroxylation sites is 1. The first-order chi connectivity index (χ1) is 14.0. The van der Waals surface area contributed by atoms with Crippen LogP contribution in [-0.4, -0.2) is 24.3 Å². The van der Waals surface area contributed by atoms with Crippen LogP contribution in [0.1, 0.15) is 63.8 Å². The molecule has 156 valence electrons. The molecule has 3 aromatic rings. The lowest BCUT2D eigenvalue weighted by Gasteiger charge is -2.15. The van der Waals surface area contributed by atoms with E-state index in [4.69, 9.17) is 13.7 Å². The molecule has 0 radical (unpaired) electrons. The van der Waals surface area contributed by atoms with Crippen molar-refractivity contribution in [1.29, 1.82) is 0 Å². The van der Waals surface area contributed by atoms with E-state index in [1.807, 2.05) is 51.1 Å². The molecule has 0 aliphatic heterocycles. The number of fused-ring (bicyclic) bond motifs is 1. The summed E-state index contributed by atoms with van der Waals surface area (Å²) in [7, 11) is 0. The second-order valence-corrected chi connectivity index (χ2v) is 7.19. The first kappa shape index (κ1) is 20.8. The van der Waals surface area contributed by atoms with Gasteiger partial charge >= 0.3 is 0 Å². The number of nitrogens with one attached hydrogen (secondary N) is 2. The molecule has 7 nitrogen and oxygen atoms in total. The van der Waals surface area contributed by atoms with Gasteiger partial charge in [-0.25, -0.2) is 4.99 Å². The van der Waals surface area contributed by atoms with Crippen LogP contribution < -0.4 is 15.4 Å². The zero-order chi connectivity index (χ0) is 20.8. The van der Waals surface area contributed by atoms with E-state index in [1.165, 1.54) is 0 Å². The Balaban J connectivity index is 1.74. The summed E-state index contributed by atoms with van der Waals surface area (Å²) < 4.78 is 17.1. The first-order valence-corrected chi connectivity index (χ1v) is 10.2. The number of hydrogen-bond acceptors (Lipinski definition) is 5. The Morgan fingerprint density at radius 2 is 2.03 bits per heavy atom. The van der Waals surface area contributed by atoms with Crippen LogP contribution in [0.5, 0.6) is 5.75 Å². The van der Waals surface area contributed by atoms with Crippen LogP contribution in [0.2, 0.25) is 0 Å². The molecular formula is C22H30N4O3. The van der Waals surface area contributed by atoms with Crippen LogP contribution in [0.15, 0.2) is 44.3 Å². The average Bonchev–Trinajstić information content (AvgIpc) is 3.34. The Morgan fingerprint density at radius 3 is 2.72 bits per heavy atom. The van der Waals surface area contributed by atoms with Gasteiger partial charge in [0.05, 0.1) is 18.3 Å². The molecule has 3 rings (SSSR count). The van der Waals surface area contributed by atoms with Crippen molar-refractivity contribution in [2.75, 3.05) is 13.2 Å². The van der Waals surface area contributed by atoms with Crippen molar-refractivity contribution >= 4 is 16.9 Å². The smallest absolute Gasteiger partial charge is 0.192 e. The molecule has 2 aromatic heterocycles. The molecule has 0 aliphatic carbocycles. The second kappa shape index (κ2) is 9.49. The summed E-state index contributed by atoms with van der Waals surface area (Å²) in [6.45, 7) is 12.0. The van der Waals surface area contributed by atoms with Gasteiger partial charge in [-0.15, -0.1) is 0 Å². The van der Waals surface area contributed by atoms with E-state index in [2.05, 4.69) is 34.6 Å². The van der Waals surface area contributed by atoms with E-state index < -0.39 is 0 Å². The third kappa shape index (κ3) is 5.10. The second-order valence-electron chi connectivity index (χ2n) is 7.19. The topological polar surface area (TPSA) is 84.8 Å². The minimum absolute atomic E-state index is 0.0735. The third-order valence-corrected chi connectivity index (χ3v) is 4.51. The van der Waals surface area contributed by atoms with Gasteiger partial charge in [0.1, 0.15) is 12.3 Å². The fraction of sp³-hybridized carbons (Fsp3) is 0.455. The SMILES string of the molecule is CCNC(=NCc1cc(C(C)C)no1)NC(C)c1cc2cccc(OCC)c2o1. The highest BCUT2D eigenvalue weighted by atomic mass is 16.5. The van der Waals surface area contributed by atoms with Crippen LogP contribution in [0.4, 0.5) is 0 Å². The van der Waals surface area contributed by atoms with E-state index in [1.54, 1.807) is 0 Å². The van der Waals surface area contributed by atoms with Crippen molar-refractivity contribution in [3.63, 3.8) is 0 Å². The summed E-state index contributed by atoms with van der Waals surface area (Å²) in [5.41, 5.74) is 1.71. The van der Waals surface area contributed by atoms with Gasteiger partial charge < -0.3 is 24.3 Å². The largest absolute Gasteiger partial charge is 0.490 e. The van der Waals surface area contributed by atoms with Gasteiger partial charge in [0, 0.05) is 18.0 Å². The fourth-order valence-electron chi connectivity index (χ4n) is 2.97. The molecule has 29 heavy (non-hydrogen) atoms. The highest BCUT2D eigenvalue weighted by molar-refractivity contribution is 5.84. The van der Waals surface area contributed by atoms with Crippen molar-refractivity contribution < 1.29 is 13.7 Å². The number of rotatable bonds is 8. The molecule has 0 spiro atoms. The van der Waals surface area contributed by atoms with Crippen molar-refractivity contribution in [3.05, 3.63) is 47.5 Å². The molecule has 0 fully saturated rings. The molecule has 1 atom stereocenters. The van der Waals surface area contributed by atoms with Gasteiger partial charge in [-0.1, -0.05) is 31.1 Å². The summed E-state index contributed by atoms with van der Waals surface area (Å²) in [5, 5.41) is 11.7. The van der Waals surface area contributed by atoms with Crippen LogP contribution >= 0.6 is 0 Å². The molecule has 0 amide bonds. The van der Waals surface area contributed by atoms with Gasteiger partial charge in [-0.3, -0.25) is 0 Å². The van der Waals surface area contributed by atoms with Crippen molar-refractivity contribution in [2.24, 2.45) is 4.99 Å². The number of benzene rings is 1. The lowest BCUT2D eigenvalue weighted by Crippen LogP contribution is -2.38. The van der Waals surface area contributed by atoms with Gasteiger partial charge in [-0.05, 0) is 38.8 Å². The normalized spacial score (nSPS) is 13.1. The molecule has 2 N–H and O–H groups in total. The summed E-state index contributed by atoms with van der Waals surface area (Å²) in [6.07, 6.45) is 0. The Labute approximate surface area is 171 Å². The maximum atomic E-state index is 6.09. The molecule has 0 saturated carbocycles. The number of aliphatic imine (C=N–C) groups is 1. The summed E-state index contributed by atoms with van der Waals surface area (Å²) in [5.74, 6) is 3.34. The quantitative estimate of drug-likeness (QED) is 0.420. The highest BCUT2D eigenvalue weighted by Gasteiger charge is 2.16. The van der Waals surface area contributed by atoms with E-state index >= 15 is 0 Å². The van der Waals surface area contributed by atoms with E-state index in [0.717, 1.165) is 40.5 Å². The zero-order valence-corrected chi connectivity index (χ0v) is 17.8. The average molecular weight is 399 g/mol. The van der Waals surface area contributed by atoms with E-state index in [-0.39, 0.29) is 6.04 Å². The highest BCUT2D eigenvalue weighted by Crippen LogP contribution is 2.31. The third-order valence-electron chi connectivity index (χ3n) is 4.51. The minimum Gasteiger partial charge on any atom is -0.490 e. The molecule has 0 aliphatic rings. The van der Waals surface area contributed by atoms with Crippen LogP contribution in [0.3, 0.4) is 0 Å². The zero-order valence-electron chi connectivity index (χ0n) is 17.8. The number of aromatic nitrogens is 1. The minimum atomic E-state index is -0.0735. The maximum Gasteiger partial charge on any atom is 0.192 e. The molecule has 1 unspecified atom stereocenters. The number of furan rings is 1. The standard InChI is InChI=1S/C22H30N4O3/c1-6-23-22(24-13-17-12-18(14(3)4)26-29-17)25-15(5)20-11-16-9-8-10-19(27-7-2)21(16)28-20/h8-12,14-15H,6-7,13H2,1-5H3,(H2,23,24,25). The predicted molar refractivity (Wildman–Crippen MR) is 114 cm³/mol. The number of hydrogen-bond donors (Lipinski definition) is 2. The van der Waals surface area contributed by atoms with Crippen LogP contribution in [0, 0.1) is 0 Å². The Kier molecular flexibility index (Phi) is 6.80. The van der Waals surface area contributed by atoms with Gasteiger partial charge in [-0.2, -0.15) is 0 Å². The Hall–Kier alpha value is -2.96. The monoisotopic (exact) mass is 398 g/mol. The van der Waals surface area contributed by atoms with Gasteiger partial charge in [0.25, 0.3) is 0 Å². The predicted octanol–water partition coefficient (Wildman–Crippen LogP) is 4.76. The Bertz CT molecular complexity index is 958. The van der Waals surface area contributed by atoms with Crippen LogP contribution in [-0.2, 0) is 6.54 Å². The molecular weight excluding hydrogens is 368 g/mol. The number of ether oxygens (including phenoxy) is 1. The van der Waals surface area contributed by atoms with Crippen LogP contribution in [0.25, 0.3) is 11.0 Å². The lowest BCUT2D eigenvalue weighted by molar-refractivity contribution is 0.336. The van der Waals surface area contributed by atoms with Gasteiger partial charge in [0.2, 0.25) is 0 Å². The number of nitrogens with zero attached hydrogens (tertiary/aromatic N) is 2. The molecule has 2 heterocycles.